The highest BCUT2D eigenvalue weighted by Gasteiger charge is 2.49. The Morgan fingerprint density at radius 3 is 2.49 bits per heavy atom. The van der Waals surface area contributed by atoms with Crippen LogP contribution in [0.3, 0.4) is 0 Å². The largest absolute Gasteiger partial charge is 0.489 e. The molecule has 1 aromatic rings. The van der Waals surface area contributed by atoms with Gasteiger partial charge in [-0.1, -0.05) is 33.8 Å². The number of hydrogen-bond acceptors (Lipinski definition) is 4. The summed E-state index contributed by atoms with van der Waals surface area (Å²) in [5.41, 5.74) is 2.27. The summed E-state index contributed by atoms with van der Waals surface area (Å²) in [4.78, 5) is 28.6. The number of carbonyl (C=O) groups is 2. The molecule has 37 heavy (non-hydrogen) atoms. The first kappa shape index (κ1) is 27.3. The van der Waals surface area contributed by atoms with E-state index in [4.69, 9.17) is 4.74 Å². The smallest absolute Gasteiger partial charge is 0.416 e. The first-order valence-electron chi connectivity index (χ1n) is 13.1. The van der Waals surface area contributed by atoms with Crippen LogP contribution in [-0.2, 0) is 15.8 Å². The predicted molar refractivity (Wildman–Crippen MR) is 132 cm³/mol. The number of alkyl halides is 3. The van der Waals surface area contributed by atoms with E-state index in [1.165, 1.54) is 30.7 Å². The number of likely N-dealkylation sites (tertiary alicyclic amines) is 1. The topological polar surface area (TPSA) is 78.5 Å². The van der Waals surface area contributed by atoms with E-state index in [1.807, 2.05) is 32.7 Å². The Morgan fingerprint density at radius 1 is 1.19 bits per heavy atom. The second-order valence-electron chi connectivity index (χ2n) is 11.4. The highest BCUT2D eigenvalue weighted by atomic mass is 19.4. The molecular formula is C27H38F3N4O3+. The van der Waals surface area contributed by atoms with Gasteiger partial charge < -0.3 is 15.0 Å². The number of benzene rings is 1. The number of hydrogen-bond donors (Lipinski definition) is 2. The van der Waals surface area contributed by atoms with Gasteiger partial charge in [0.05, 0.1) is 12.1 Å². The van der Waals surface area contributed by atoms with Crippen LogP contribution in [0, 0.1) is 11.3 Å². The predicted octanol–water partition coefficient (Wildman–Crippen LogP) is 3.43. The van der Waals surface area contributed by atoms with Crippen molar-refractivity contribution < 1.29 is 32.9 Å². The Balaban J connectivity index is 1.37. The molecule has 3 aliphatic rings. The van der Waals surface area contributed by atoms with Gasteiger partial charge in [-0.2, -0.15) is 13.2 Å². The SMILES string of the molecule is CCC(CNC(=O)[C@@H]1CCCN1C(=O)[C@@H](N1C=C(C2CC2)[NH2+]1)C(C)(C)C)Oc1cccc(C(F)(F)F)c1. The standard InChI is InChI=1S/C27H37F3N4O3/c1-5-19(37-20-9-6-8-18(14-20)27(28,29)30)15-31-24(35)22-10-7-13-33(22)25(36)23(26(2,3)4)34-16-21(32-34)17-11-12-17/h6,8-9,14,16-17,19,22-23,32H,5,7,10-13,15H2,1-4H3,(H,31,35)/p+1/t19?,22-,23+/m0/s1. The molecule has 2 heterocycles. The minimum Gasteiger partial charge on any atom is -0.489 e. The van der Waals surface area contributed by atoms with Crippen molar-refractivity contribution in [1.29, 1.82) is 0 Å². The van der Waals surface area contributed by atoms with Crippen LogP contribution in [0.2, 0.25) is 0 Å². The minimum absolute atomic E-state index is 0.0558. The van der Waals surface area contributed by atoms with Crippen LogP contribution in [0.1, 0.15) is 65.4 Å². The number of ether oxygens (including phenoxy) is 1. The molecule has 0 radical (unpaired) electrons. The van der Waals surface area contributed by atoms with E-state index in [-0.39, 0.29) is 29.5 Å². The van der Waals surface area contributed by atoms with Gasteiger partial charge in [-0.25, -0.2) is 10.4 Å². The lowest BCUT2D eigenvalue weighted by Crippen LogP contribution is -3.00. The normalized spacial score (nSPS) is 21.7. The summed E-state index contributed by atoms with van der Waals surface area (Å²) in [6, 6.07) is 3.76. The molecule has 1 unspecified atom stereocenters. The minimum atomic E-state index is -4.46. The molecule has 2 fully saturated rings. The molecule has 1 saturated carbocycles. The quantitative estimate of drug-likeness (QED) is 0.487. The lowest BCUT2D eigenvalue weighted by Gasteiger charge is -2.42. The Bertz CT molecular complexity index is 1030. The molecule has 10 heteroatoms. The molecular weight excluding hydrogens is 485 g/mol. The van der Waals surface area contributed by atoms with E-state index in [0.29, 0.717) is 25.3 Å². The number of nitrogens with one attached hydrogen (secondary N) is 1. The number of rotatable bonds is 9. The Labute approximate surface area is 216 Å². The fraction of sp³-hybridized carbons (Fsp3) is 0.630. The van der Waals surface area contributed by atoms with Gasteiger partial charge in [0.25, 0.3) is 5.91 Å². The van der Waals surface area contributed by atoms with Gasteiger partial charge in [0.2, 0.25) is 5.91 Å². The number of quaternary nitrogens is 1. The summed E-state index contributed by atoms with van der Waals surface area (Å²) in [5, 5.41) is 4.88. The van der Waals surface area contributed by atoms with Gasteiger partial charge >= 0.3 is 6.18 Å². The van der Waals surface area contributed by atoms with Crippen LogP contribution >= 0.6 is 0 Å². The monoisotopic (exact) mass is 523 g/mol. The average Bonchev–Trinajstić information content (AvgIpc) is 3.50. The lowest BCUT2D eigenvalue weighted by molar-refractivity contribution is -0.792. The molecule has 1 saturated heterocycles. The molecule has 2 amide bonds. The van der Waals surface area contributed by atoms with Crippen LogP contribution in [-0.4, -0.2) is 53.0 Å². The van der Waals surface area contributed by atoms with Gasteiger partial charge in [-0.15, -0.1) is 0 Å². The summed E-state index contributed by atoms with van der Waals surface area (Å²) in [5.74, 6) is 0.416. The lowest BCUT2D eigenvalue weighted by atomic mass is 9.84. The van der Waals surface area contributed by atoms with Gasteiger partial charge in [-0.3, -0.25) is 9.59 Å². The van der Waals surface area contributed by atoms with Gasteiger partial charge in [0, 0.05) is 12.5 Å². The van der Waals surface area contributed by atoms with Crippen molar-refractivity contribution in [1.82, 2.24) is 15.2 Å². The zero-order valence-electron chi connectivity index (χ0n) is 22.0. The number of carbonyl (C=O) groups excluding carboxylic acids is 2. The second-order valence-corrected chi connectivity index (χ2v) is 11.4. The number of nitrogens with two attached hydrogens (primary N) is 1. The summed E-state index contributed by atoms with van der Waals surface area (Å²) >= 11 is 0. The van der Waals surface area contributed by atoms with Crippen LogP contribution in [0.15, 0.2) is 36.2 Å². The molecule has 0 bridgehead atoms. The Morgan fingerprint density at radius 2 is 1.89 bits per heavy atom. The second kappa shape index (κ2) is 10.6. The maximum atomic E-state index is 13.7. The van der Waals surface area contributed by atoms with Crippen molar-refractivity contribution >= 4 is 11.8 Å². The average molecular weight is 524 g/mol. The van der Waals surface area contributed by atoms with Crippen LogP contribution < -0.4 is 15.5 Å². The van der Waals surface area contributed by atoms with Gasteiger partial charge in [0.15, 0.2) is 11.7 Å². The highest BCUT2D eigenvalue weighted by Crippen LogP contribution is 2.37. The van der Waals surface area contributed by atoms with E-state index in [2.05, 4.69) is 16.9 Å². The molecule has 1 aliphatic carbocycles. The van der Waals surface area contributed by atoms with Crippen LogP contribution in [0.5, 0.6) is 5.75 Å². The Hall–Kier alpha value is -2.75. The zero-order chi connectivity index (χ0) is 27.0. The third kappa shape index (κ3) is 6.40. The van der Waals surface area contributed by atoms with Crippen LogP contribution in [0.4, 0.5) is 13.2 Å². The number of nitrogens with zero attached hydrogens (tertiary/aromatic N) is 2. The van der Waals surface area contributed by atoms with E-state index in [9.17, 15) is 22.8 Å². The molecule has 4 rings (SSSR count). The fourth-order valence-electron chi connectivity index (χ4n) is 5.05. The van der Waals surface area contributed by atoms with Gasteiger partial charge in [0.1, 0.15) is 24.1 Å². The van der Waals surface area contributed by atoms with E-state index < -0.39 is 29.9 Å². The van der Waals surface area contributed by atoms with Gasteiger partial charge in [-0.05, 0) is 55.7 Å². The first-order chi connectivity index (χ1) is 17.4. The van der Waals surface area contributed by atoms with Crippen LogP contribution in [0.25, 0.3) is 0 Å². The molecule has 1 aromatic carbocycles. The number of halogens is 3. The summed E-state index contributed by atoms with van der Waals surface area (Å²) in [7, 11) is 0. The molecule has 2 aliphatic heterocycles. The van der Waals surface area contributed by atoms with Crippen molar-refractivity contribution in [3.8, 4) is 5.75 Å². The molecule has 3 N–H and O–H groups in total. The number of allylic oxidation sites excluding steroid dienone is 1. The highest BCUT2D eigenvalue weighted by molar-refractivity contribution is 5.90. The summed E-state index contributed by atoms with van der Waals surface area (Å²) < 4.78 is 44.8. The first-order valence-corrected chi connectivity index (χ1v) is 13.1. The van der Waals surface area contributed by atoms with E-state index in [0.717, 1.165) is 18.6 Å². The maximum Gasteiger partial charge on any atom is 0.416 e. The van der Waals surface area contributed by atoms with E-state index >= 15 is 0 Å². The molecule has 0 spiro atoms. The number of amides is 2. The maximum absolute atomic E-state index is 13.7. The molecule has 3 atom stereocenters. The Kier molecular flexibility index (Phi) is 7.78. The van der Waals surface area contributed by atoms with Crippen molar-refractivity contribution in [3.63, 3.8) is 0 Å². The summed E-state index contributed by atoms with van der Waals surface area (Å²) in [6.45, 7) is 8.61. The molecule has 0 aromatic heterocycles. The molecule has 7 nitrogen and oxygen atoms in total. The third-order valence-corrected chi connectivity index (χ3v) is 7.26. The van der Waals surface area contributed by atoms with E-state index in [1.54, 1.807) is 4.90 Å². The summed E-state index contributed by atoms with van der Waals surface area (Å²) in [6.07, 6.45) is 1.34. The zero-order valence-corrected chi connectivity index (χ0v) is 22.0. The molecule has 204 valence electrons. The van der Waals surface area contributed by atoms with Crippen molar-refractivity contribution in [3.05, 3.63) is 41.7 Å². The third-order valence-electron chi connectivity index (χ3n) is 7.26. The van der Waals surface area contributed by atoms with Crippen molar-refractivity contribution in [2.45, 2.75) is 84.2 Å². The fourth-order valence-corrected chi connectivity index (χ4v) is 5.05. The van der Waals surface area contributed by atoms with Crippen molar-refractivity contribution in [2.24, 2.45) is 11.3 Å². The van der Waals surface area contributed by atoms with Crippen molar-refractivity contribution in [2.75, 3.05) is 13.1 Å².